The Morgan fingerprint density at radius 3 is 2.35 bits per heavy atom. The Bertz CT molecular complexity index is 454. The van der Waals surface area contributed by atoms with Crippen LogP contribution in [-0.4, -0.2) is 29.9 Å². The summed E-state index contributed by atoms with van der Waals surface area (Å²) >= 11 is 12.1. The van der Waals surface area contributed by atoms with E-state index in [1.807, 2.05) is 0 Å². The molecule has 1 rings (SSSR count). The second-order valence-electron chi connectivity index (χ2n) is 4.97. The summed E-state index contributed by atoms with van der Waals surface area (Å²) in [6, 6.07) is 3.43. The zero-order chi connectivity index (χ0) is 15.3. The van der Waals surface area contributed by atoms with Gasteiger partial charge in [0.1, 0.15) is 0 Å². The molecule has 1 aromatic rings. The van der Waals surface area contributed by atoms with Crippen molar-refractivity contribution in [3.05, 3.63) is 22.2 Å². The first kappa shape index (κ1) is 17.1. The SMILES string of the molecule is CCCN(CC(=O)Nc1c(Cl)cc(N)cc1Cl)C(C)C. The summed E-state index contributed by atoms with van der Waals surface area (Å²) in [7, 11) is 0. The first-order chi connectivity index (χ1) is 9.35. The number of nitrogens with one attached hydrogen (secondary N) is 1. The van der Waals surface area contributed by atoms with Crippen molar-refractivity contribution in [1.29, 1.82) is 0 Å². The summed E-state index contributed by atoms with van der Waals surface area (Å²) in [5, 5.41) is 3.43. The molecule has 0 aliphatic heterocycles. The van der Waals surface area contributed by atoms with Gasteiger partial charge in [0.2, 0.25) is 5.91 Å². The van der Waals surface area contributed by atoms with Gasteiger partial charge < -0.3 is 11.1 Å². The van der Waals surface area contributed by atoms with Crippen LogP contribution in [0.25, 0.3) is 0 Å². The van der Waals surface area contributed by atoms with Crippen molar-refractivity contribution in [2.24, 2.45) is 0 Å². The van der Waals surface area contributed by atoms with Crippen LogP contribution in [-0.2, 0) is 4.79 Å². The van der Waals surface area contributed by atoms with E-state index in [-0.39, 0.29) is 5.91 Å². The van der Waals surface area contributed by atoms with Crippen molar-refractivity contribution in [3.63, 3.8) is 0 Å². The van der Waals surface area contributed by atoms with Gasteiger partial charge >= 0.3 is 0 Å². The van der Waals surface area contributed by atoms with Gasteiger partial charge in [-0.05, 0) is 38.9 Å². The summed E-state index contributed by atoms with van der Waals surface area (Å²) < 4.78 is 0. The van der Waals surface area contributed by atoms with Crippen LogP contribution < -0.4 is 11.1 Å². The number of carbonyl (C=O) groups is 1. The highest BCUT2D eigenvalue weighted by Gasteiger charge is 2.16. The molecule has 0 unspecified atom stereocenters. The van der Waals surface area contributed by atoms with E-state index < -0.39 is 0 Å². The van der Waals surface area contributed by atoms with Crippen molar-refractivity contribution in [2.75, 3.05) is 24.1 Å². The largest absolute Gasteiger partial charge is 0.399 e. The molecule has 112 valence electrons. The highest BCUT2D eigenvalue weighted by molar-refractivity contribution is 6.40. The van der Waals surface area contributed by atoms with Gasteiger partial charge in [0, 0.05) is 11.7 Å². The molecule has 0 radical (unpaired) electrons. The molecule has 0 aliphatic rings. The lowest BCUT2D eigenvalue weighted by Crippen LogP contribution is -2.38. The fourth-order valence-corrected chi connectivity index (χ4v) is 2.48. The number of hydrogen-bond acceptors (Lipinski definition) is 3. The van der Waals surface area contributed by atoms with Gasteiger partial charge in [-0.1, -0.05) is 30.1 Å². The maximum atomic E-state index is 12.1. The Kier molecular flexibility index (Phi) is 6.59. The molecule has 0 saturated heterocycles. The van der Waals surface area contributed by atoms with Gasteiger partial charge in [0.25, 0.3) is 0 Å². The van der Waals surface area contributed by atoms with Crippen molar-refractivity contribution < 1.29 is 4.79 Å². The third kappa shape index (κ3) is 4.85. The molecule has 0 atom stereocenters. The van der Waals surface area contributed by atoms with Gasteiger partial charge in [-0.25, -0.2) is 0 Å². The molecule has 1 aromatic carbocycles. The lowest BCUT2D eigenvalue weighted by atomic mass is 10.2. The summed E-state index contributed by atoms with van der Waals surface area (Å²) in [6.07, 6.45) is 0.995. The van der Waals surface area contributed by atoms with Gasteiger partial charge in [0.15, 0.2) is 0 Å². The predicted molar refractivity (Wildman–Crippen MR) is 86.5 cm³/mol. The summed E-state index contributed by atoms with van der Waals surface area (Å²) in [5.41, 5.74) is 6.50. The smallest absolute Gasteiger partial charge is 0.238 e. The Labute approximate surface area is 130 Å². The Hall–Kier alpha value is -0.970. The van der Waals surface area contributed by atoms with Crippen molar-refractivity contribution in [1.82, 2.24) is 4.90 Å². The van der Waals surface area contributed by atoms with Crippen LogP contribution in [0.5, 0.6) is 0 Å². The van der Waals surface area contributed by atoms with E-state index in [0.717, 1.165) is 13.0 Å². The van der Waals surface area contributed by atoms with Crippen molar-refractivity contribution in [2.45, 2.75) is 33.2 Å². The van der Waals surface area contributed by atoms with Gasteiger partial charge in [-0.2, -0.15) is 0 Å². The molecule has 0 fully saturated rings. The van der Waals surface area contributed by atoms with E-state index in [4.69, 9.17) is 28.9 Å². The monoisotopic (exact) mass is 317 g/mol. The fraction of sp³-hybridized carbons (Fsp3) is 0.500. The topological polar surface area (TPSA) is 58.4 Å². The Morgan fingerprint density at radius 1 is 1.35 bits per heavy atom. The molecule has 20 heavy (non-hydrogen) atoms. The van der Waals surface area contributed by atoms with Crippen LogP contribution in [0, 0.1) is 0 Å². The average Bonchev–Trinajstić information content (AvgIpc) is 2.33. The summed E-state index contributed by atoms with van der Waals surface area (Å²) in [5.74, 6) is -0.138. The summed E-state index contributed by atoms with van der Waals surface area (Å²) in [6.45, 7) is 7.38. The van der Waals surface area contributed by atoms with Crippen LogP contribution in [0.15, 0.2) is 12.1 Å². The highest BCUT2D eigenvalue weighted by Crippen LogP contribution is 2.32. The minimum Gasteiger partial charge on any atom is -0.399 e. The van der Waals surface area contributed by atoms with E-state index in [9.17, 15) is 4.79 Å². The zero-order valence-electron chi connectivity index (χ0n) is 12.0. The van der Waals surface area contributed by atoms with Gasteiger partial charge in [-0.3, -0.25) is 9.69 Å². The highest BCUT2D eigenvalue weighted by atomic mass is 35.5. The second-order valence-corrected chi connectivity index (χ2v) is 5.79. The number of carbonyl (C=O) groups excluding carboxylic acids is 1. The molecule has 4 nitrogen and oxygen atoms in total. The Morgan fingerprint density at radius 2 is 1.90 bits per heavy atom. The Balaban J connectivity index is 2.76. The molecule has 1 amide bonds. The lowest BCUT2D eigenvalue weighted by Gasteiger charge is -2.25. The van der Waals surface area contributed by atoms with E-state index in [1.54, 1.807) is 12.1 Å². The number of nitrogens with two attached hydrogens (primary N) is 1. The third-order valence-electron chi connectivity index (χ3n) is 2.92. The van der Waals surface area contributed by atoms with E-state index in [2.05, 4.69) is 31.0 Å². The maximum Gasteiger partial charge on any atom is 0.238 e. The number of anilines is 2. The maximum absolute atomic E-state index is 12.1. The second kappa shape index (κ2) is 7.72. The lowest BCUT2D eigenvalue weighted by molar-refractivity contribution is -0.117. The molecular weight excluding hydrogens is 297 g/mol. The molecule has 3 N–H and O–H groups in total. The van der Waals surface area contributed by atoms with Crippen LogP contribution in [0.1, 0.15) is 27.2 Å². The molecule has 6 heteroatoms. The molecule has 0 saturated carbocycles. The third-order valence-corrected chi connectivity index (χ3v) is 3.51. The van der Waals surface area contributed by atoms with E-state index >= 15 is 0 Å². The van der Waals surface area contributed by atoms with E-state index in [0.29, 0.717) is 34.0 Å². The number of benzene rings is 1. The normalized spacial score (nSPS) is 11.2. The number of nitrogen functional groups attached to an aromatic ring is 1. The molecule has 0 heterocycles. The molecule has 0 aliphatic carbocycles. The fourth-order valence-electron chi connectivity index (χ4n) is 1.88. The number of halogens is 2. The standard InChI is InChI=1S/C14H21Cl2N3O/c1-4-5-19(9(2)3)8-13(20)18-14-11(15)6-10(17)7-12(14)16/h6-7,9H,4-5,8,17H2,1-3H3,(H,18,20). The number of hydrogen-bond donors (Lipinski definition) is 2. The van der Waals surface area contributed by atoms with Crippen LogP contribution in [0.3, 0.4) is 0 Å². The van der Waals surface area contributed by atoms with Crippen LogP contribution >= 0.6 is 23.2 Å². The number of amides is 1. The first-order valence-corrected chi connectivity index (χ1v) is 7.39. The predicted octanol–water partition coefficient (Wildman–Crippen LogP) is 3.63. The van der Waals surface area contributed by atoms with Crippen molar-refractivity contribution in [3.8, 4) is 0 Å². The first-order valence-electron chi connectivity index (χ1n) is 6.63. The molecular formula is C14H21Cl2N3O. The average molecular weight is 318 g/mol. The minimum atomic E-state index is -0.138. The van der Waals surface area contributed by atoms with Crippen LogP contribution in [0.2, 0.25) is 10.0 Å². The van der Waals surface area contributed by atoms with Crippen molar-refractivity contribution >= 4 is 40.5 Å². The molecule has 0 spiro atoms. The van der Waals surface area contributed by atoms with Crippen LogP contribution in [0.4, 0.5) is 11.4 Å². The quantitative estimate of drug-likeness (QED) is 0.787. The van der Waals surface area contributed by atoms with Gasteiger partial charge in [0.05, 0.1) is 22.3 Å². The molecule has 0 aromatic heterocycles. The van der Waals surface area contributed by atoms with Gasteiger partial charge in [-0.15, -0.1) is 0 Å². The number of nitrogens with zero attached hydrogens (tertiary/aromatic N) is 1. The van der Waals surface area contributed by atoms with E-state index in [1.165, 1.54) is 0 Å². The minimum absolute atomic E-state index is 0.138. The zero-order valence-corrected chi connectivity index (χ0v) is 13.6. The summed E-state index contributed by atoms with van der Waals surface area (Å²) in [4.78, 5) is 14.2. The number of rotatable bonds is 6. The molecule has 0 bridgehead atoms.